The van der Waals surface area contributed by atoms with Crippen molar-refractivity contribution >= 4 is 31.3 Å². The van der Waals surface area contributed by atoms with E-state index in [1.165, 1.54) is 17.0 Å². The molecule has 5 rings (SSSR count). The third-order valence-electron chi connectivity index (χ3n) is 7.29. The number of imidazole rings is 1. The number of anilines is 1. The highest BCUT2D eigenvalue weighted by molar-refractivity contribution is 6.76. The molecule has 1 aliphatic heterocycles. The first kappa shape index (κ1) is 30.0. The predicted molar refractivity (Wildman–Crippen MR) is 158 cm³/mol. The Hall–Kier alpha value is -3.48. The number of rotatable bonds is 8. The summed E-state index contributed by atoms with van der Waals surface area (Å²) in [7, 11) is -1.28. The van der Waals surface area contributed by atoms with Gasteiger partial charge >= 0.3 is 6.18 Å². The molecule has 0 unspecified atom stereocenters. The number of carbonyl (C=O) groups excluding carboxylic acids is 1. The molecule has 42 heavy (non-hydrogen) atoms. The zero-order valence-electron chi connectivity index (χ0n) is 24.0. The van der Waals surface area contributed by atoms with E-state index in [0.29, 0.717) is 29.4 Å². The van der Waals surface area contributed by atoms with E-state index in [2.05, 4.69) is 29.7 Å². The molecule has 1 amide bonds. The maximum absolute atomic E-state index is 13.9. The van der Waals surface area contributed by atoms with Crippen LogP contribution < -0.4 is 4.90 Å². The molecular formula is C29H32ClF3N6O2Si. The first-order valence-electron chi connectivity index (χ1n) is 13.6. The summed E-state index contributed by atoms with van der Waals surface area (Å²) in [4.78, 5) is 24.6. The van der Waals surface area contributed by atoms with E-state index in [0.717, 1.165) is 23.4 Å². The smallest absolute Gasteiger partial charge is 0.361 e. The predicted octanol–water partition coefficient (Wildman–Crippen LogP) is 7.32. The van der Waals surface area contributed by atoms with Crippen LogP contribution in [-0.4, -0.2) is 51.4 Å². The van der Waals surface area contributed by atoms with Gasteiger partial charge in [-0.3, -0.25) is 14.5 Å². The van der Waals surface area contributed by atoms with Gasteiger partial charge < -0.3 is 14.2 Å². The average Bonchev–Trinajstić information content (AvgIpc) is 3.50. The van der Waals surface area contributed by atoms with Gasteiger partial charge in [-0.1, -0.05) is 31.2 Å². The van der Waals surface area contributed by atoms with Gasteiger partial charge in [0.05, 0.1) is 34.1 Å². The quantitative estimate of drug-likeness (QED) is 0.153. The Labute approximate surface area is 248 Å². The fourth-order valence-electron chi connectivity index (χ4n) is 4.96. The molecule has 1 atom stereocenters. The number of carbonyl (C=O) groups is 1. The van der Waals surface area contributed by atoms with Gasteiger partial charge in [-0.2, -0.15) is 18.3 Å². The summed E-state index contributed by atoms with van der Waals surface area (Å²) in [5.41, 5.74) is 2.30. The molecule has 0 bridgehead atoms. The molecule has 1 aliphatic rings. The lowest BCUT2D eigenvalue weighted by Crippen LogP contribution is -2.42. The summed E-state index contributed by atoms with van der Waals surface area (Å²) in [5, 5.41) is 4.05. The number of alkyl halides is 3. The van der Waals surface area contributed by atoms with Crippen LogP contribution >= 0.6 is 11.6 Å². The van der Waals surface area contributed by atoms with Crippen molar-refractivity contribution in [1.29, 1.82) is 0 Å². The van der Waals surface area contributed by atoms with E-state index in [-0.39, 0.29) is 25.0 Å². The van der Waals surface area contributed by atoms with Gasteiger partial charge in [0.1, 0.15) is 18.2 Å². The first-order valence-corrected chi connectivity index (χ1v) is 17.7. The lowest BCUT2D eigenvalue weighted by Gasteiger charge is -2.32. The number of hydrogen-bond donors (Lipinski definition) is 0. The van der Waals surface area contributed by atoms with E-state index in [4.69, 9.17) is 21.3 Å². The molecule has 4 heterocycles. The lowest BCUT2D eigenvalue weighted by molar-refractivity contribution is -0.137. The number of ether oxygens (including phenoxy) is 1. The van der Waals surface area contributed by atoms with Crippen LogP contribution in [0.1, 0.15) is 34.7 Å². The highest BCUT2D eigenvalue weighted by Gasteiger charge is 2.37. The number of pyridine rings is 1. The van der Waals surface area contributed by atoms with Gasteiger partial charge in [-0.15, -0.1) is 0 Å². The molecule has 0 spiro atoms. The van der Waals surface area contributed by atoms with Gasteiger partial charge in [-0.25, -0.2) is 4.98 Å². The number of hydrogen-bond acceptors (Lipinski definition) is 5. The van der Waals surface area contributed by atoms with Crippen LogP contribution in [0.5, 0.6) is 0 Å². The highest BCUT2D eigenvalue weighted by Crippen LogP contribution is 2.39. The summed E-state index contributed by atoms with van der Waals surface area (Å²) in [5.74, 6) is 0.242. The largest absolute Gasteiger partial charge is 0.417 e. The lowest BCUT2D eigenvalue weighted by atomic mass is 10.1. The third kappa shape index (κ3) is 5.88. The molecule has 222 valence electrons. The molecule has 0 radical (unpaired) electrons. The maximum Gasteiger partial charge on any atom is 0.417 e. The molecule has 8 nitrogen and oxygen atoms in total. The monoisotopic (exact) mass is 616 g/mol. The number of amides is 1. The molecule has 0 saturated heterocycles. The standard InChI is InChI=1S/C29H32ClF3N6O2Si/c1-18-16-37(21-8-9-23(24(30)13-21)29(31,32)33)28(40)26-22(15-35-39(18)26)25-19(2)38(17-41-11-12-42(3,4)5)27(36-25)20-7-6-10-34-14-20/h6-10,13-15,18H,11-12,16-17H2,1-5H3/t18-/m0/s1. The number of benzene rings is 1. The number of nitrogens with zero attached hydrogens (tertiary/aromatic N) is 6. The minimum absolute atomic E-state index is 0.216. The van der Waals surface area contributed by atoms with Crippen LogP contribution in [0.2, 0.25) is 30.7 Å². The summed E-state index contributed by atoms with van der Waals surface area (Å²) in [6.07, 6.45) is 0.430. The SMILES string of the molecule is Cc1c(-c2cnn3c2C(=O)N(c2ccc(C(F)(F)F)c(Cl)c2)C[C@@H]3C)nc(-c2cccnc2)n1COCC[Si](C)(C)C. The summed E-state index contributed by atoms with van der Waals surface area (Å²) in [6, 6.07) is 7.85. The van der Waals surface area contributed by atoms with Gasteiger partial charge in [0.25, 0.3) is 5.91 Å². The molecule has 0 N–H and O–H groups in total. The Morgan fingerprint density at radius 1 is 1.17 bits per heavy atom. The Balaban J connectivity index is 1.54. The van der Waals surface area contributed by atoms with E-state index in [1.54, 1.807) is 23.3 Å². The Bertz CT molecular complexity index is 1610. The molecule has 3 aromatic heterocycles. The van der Waals surface area contributed by atoms with Crippen LogP contribution in [0.15, 0.2) is 48.9 Å². The van der Waals surface area contributed by atoms with Crippen molar-refractivity contribution in [2.24, 2.45) is 0 Å². The van der Waals surface area contributed by atoms with E-state index in [1.807, 2.05) is 30.5 Å². The second kappa shape index (κ2) is 11.3. The summed E-state index contributed by atoms with van der Waals surface area (Å²) in [6.45, 7) is 11.8. The van der Waals surface area contributed by atoms with Crippen LogP contribution in [-0.2, 0) is 17.6 Å². The van der Waals surface area contributed by atoms with Crippen molar-refractivity contribution in [3.05, 3.63) is 70.9 Å². The van der Waals surface area contributed by atoms with Crippen LogP contribution in [0, 0.1) is 6.92 Å². The highest BCUT2D eigenvalue weighted by atomic mass is 35.5. The van der Waals surface area contributed by atoms with E-state index >= 15 is 0 Å². The normalized spacial score (nSPS) is 15.8. The fourth-order valence-corrected chi connectivity index (χ4v) is 5.99. The van der Waals surface area contributed by atoms with Crippen molar-refractivity contribution < 1.29 is 22.7 Å². The van der Waals surface area contributed by atoms with Gasteiger partial charge in [0, 0.05) is 50.6 Å². The van der Waals surface area contributed by atoms with Crippen molar-refractivity contribution in [2.75, 3.05) is 18.1 Å². The Morgan fingerprint density at radius 2 is 1.93 bits per heavy atom. The van der Waals surface area contributed by atoms with Crippen molar-refractivity contribution in [1.82, 2.24) is 24.3 Å². The molecule has 4 aromatic rings. The summed E-state index contributed by atoms with van der Waals surface area (Å²) < 4.78 is 49.6. The van der Waals surface area contributed by atoms with E-state index in [9.17, 15) is 18.0 Å². The summed E-state index contributed by atoms with van der Waals surface area (Å²) >= 11 is 6.00. The number of fused-ring (bicyclic) bond motifs is 1. The second-order valence-electron chi connectivity index (χ2n) is 11.7. The number of halogens is 4. The molecule has 0 saturated carbocycles. The van der Waals surface area contributed by atoms with Gasteiger partial charge in [0.2, 0.25) is 0 Å². The molecule has 13 heteroatoms. The van der Waals surface area contributed by atoms with Crippen molar-refractivity contribution in [3.8, 4) is 22.6 Å². The molecule has 1 aromatic carbocycles. The van der Waals surface area contributed by atoms with Crippen LogP contribution in [0.4, 0.5) is 18.9 Å². The minimum Gasteiger partial charge on any atom is -0.361 e. The van der Waals surface area contributed by atoms with Gasteiger partial charge in [-0.05, 0) is 50.2 Å². The van der Waals surface area contributed by atoms with Crippen molar-refractivity contribution in [2.45, 2.75) is 58.5 Å². The third-order valence-corrected chi connectivity index (χ3v) is 9.31. The topological polar surface area (TPSA) is 78.1 Å². The van der Waals surface area contributed by atoms with Crippen molar-refractivity contribution in [3.63, 3.8) is 0 Å². The first-order chi connectivity index (χ1) is 19.8. The average molecular weight is 617 g/mol. The zero-order valence-corrected chi connectivity index (χ0v) is 25.8. The molecule has 0 fully saturated rings. The van der Waals surface area contributed by atoms with E-state index < -0.39 is 30.7 Å². The van der Waals surface area contributed by atoms with Gasteiger partial charge in [0.15, 0.2) is 0 Å². The molecular weight excluding hydrogens is 585 g/mol. The minimum atomic E-state index is -4.60. The number of aromatic nitrogens is 5. The van der Waals surface area contributed by atoms with Crippen LogP contribution in [0.25, 0.3) is 22.6 Å². The zero-order chi connectivity index (χ0) is 30.4. The maximum atomic E-state index is 13.9. The van der Waals surface area contributed by atoms with Crippen LogP contribution in [0.3, 0.4) is 0 Å². The Kier molecular flexibility index (Phi) is 8.07. The Morgan fingerprint density at radius 3 is 2.57 bits per heavy atom. The fraction of sp³-hybridized carbons (Fsp3) is 0.379. The second-order valence-corrected chi connectivity index (χ2v) is 17.7. The molecule has 0 aliphatic carbocycles.